The number of aromatic hydroxyl groups is 1. The van der Waals surface area contributed by atoms with Crippen molar-refractivity contribution in [3.05, 3.63) is 23.8 Å². The maximum Gasteiger partial charge on any atom is 0.227 e. The van der Waals surface area contributed by atoms with Crippen molar-refractivity contribution in [2.45, 2.75) is 26.2 Å². The third-order valence-corrected chi connectivity index (χ3v) is 3.62. The third kappa shape index (κ3) is 3.40. The summed E-state index contributed by atoms with van der Waals surface area (Å²) in [6.07, 6.45) is 2.55. The molecule has 4 heteroatoms. The molecule has 1 aromatic carbocycles. The Labute approximate surface area is 114 Å². The van der Waals surface area contributed by atoms with Crippen molar-refractivity contribution in [3.8, 4) is 11.5 Å². The first kappa shape index (κ1) is 13.7. The molecule has 1 amide bonds. The number of carbonyl (C=O) groups is 1. The SMILES string of the molecule is COc1ccc(O)cc1CC(=O)N1CCCC(C)C1. The van der Waals surface area contributed by atoms with Gasteiger partial charge < -0.3 is 14.7 Å². The van der Waals surface area contributed by atoms with Gasteiger partial charge in [-0.3, -0.25) is 4.79 Å². The fourth-order valence-electron chi connectivity index (χ4n) is 2.59. The van der Waals surface area contributed by atoms with Gasteiger partial charge in [0.1, 0.15) is 11.5 Å². The van der Waals surface area contributed by atoms with Crippen molar-refractivity contribution in [1.82, 2.24) is 4.90 Å². The van der Waals surface area contributed by atoms with Crippen LogP contribution in [0.25, 0.3) is 0 Å². The summed E-state index contributed by atoms with van der Waals surface area (Å²) in [4.78, 5) is 14.2. The molecule has 1 atom stereocenters. The number of likely N-dealkylation sites (tertiary alicyclic amines) is 1. The van der Waals surface area contributed by atoms with Gasteiger partial charge in [-0.25, -0.2) is 0 Å². The molecule has 0 saturated carbocycles. The molecule has 0 aromatic heterocycles. The van der Waals surface area contributed by atoms with Crippen molar-refractivity contribution >= 4 is 5.91 Å². The monoisotopic (exact) mass is 263 g/mol. The summed E-state index contributed by atoms with van der Waals surface area (Å²) < 4.78 is 5.23. The van der Waals surface area contributed by atoms with Gasteiger partial charge in [0.15, 0.2) is 0 Å². The number of phenols is 1. The Hall–Kier alpha value is -1.71. The van der Waals surface area contributed by atoms with E-state index in [1.54, 1.807) is 25.3 Å². The average molecular weight is 263 g/mol. The zero-order chi connectivity index (χ0) is 13.8. The summed E-state index contributed by atoms with van der Waals surface area (Å²) in [6.45, 7) is 3.85. The highest BCUT2D eigenvalue weighted by Crippen LogP contribution is 2.25. The summed E-state index contributed by atoms with van der Waals surface area (Å²) >= 11 is 0. The molecule has 19 heavy (non-hydrogen) atoms. The van der Waals surface area contributed by atoms with Crippen molar-refractivity contribution in [2.75, 3.05) is 20.2 Å². The van der Waals surface area contributed by atoms with Crippen LogP contribution in [0.4, 0.5) is 0 Å². The summed E-state index contributed by atoms with van der Waals surface area (Å²) in [5, 5.41) is 9.52. The van der Waals surface area contributed by atoms with Crippen LogP contribution in [-0.2, 0) is 11.2 Å². The number of rotatable bonds is 3. The fraction of sp³-hybridized carbons (Fsp3) is 0.533. The fourth-order valence-corrected chi connectivity index (χ4v) is 2.59. The molecule has 0 aliphatic carbocycles. The first-order valence-corrected chi connectivity index (χ1v) is 6.74. The van der Waals surface area contributed by atoms with Crippen molar-refractivity contribution < 1.29 is 14.6 Å². The van der Waals surface area contributed by atoms with Crippen LogP contribution in [0, 0.1) is 5.92 Å². The molecule has 2 rings (SSSR count). The van der Waals surface area contributed by atoms with Crippen LogP contribution in [-0.4, -0.2) is 36.1 Å². The van der Waals surface area contributed by atoms with E-state index in [2.05, 4.69) is 6.92 Å². The van der Waals surface area contributed by atoms with Crippen LogP contribution in [0.15, 0.2) is 18.2 Å². The molecular weight excluding hydrogens is 242 g/mol. The van der Waals surface area contributed by atoms with E-state index in [9.17, 15) is 9.90 Å². The summed E-state index contributed by atoms with van der Waals surface area (Å²) in [5.74, 6) is 1.49. The molecule has 1 fully saturated rings. The predicted octanol–water partition coefficient (Wildman–Crippen LogP) is 2.20. The second-order valence-electron chi connectivity index (χ2n) is 5.26. The molecule has 104 valence electrons. The molecule has 1 aliphatic heterocycles. The molecule has 0 spiro atoms. The van der Waals surface area contributed by atoms with E-state index >= 15 is 0 Å². The Morgan fingerprint density at radius 1 is 1.53 bits per heavy atom. The summed E-state index contributed by atoms with van der Waals surface area (Å²) in [6, 6.07) is 4.86. The van der Waals surface area contributed by atoms with E-state index < -0.39 is 0 Å². The number of carbonyl (C=O) groups excluding carboxylic acids is 1. The number of benzene rings is 1. The van der Waals surface area contributed by atoms with Crippen LogP contribution in [0.5, 0.6) is 11.5 Å². The van der Waals surface area contributed by atoms with Gasteiger partial charge in [0.05, 0.1) is 13.5 Å². The molecule has 1 heterocycles. The van der Waals surface area contributed by atoms with Crippen molar-refractivity contribution in [1.29, 1.82) is 0 Å². The highest BCUT2D eigenvalue weighted by Gasteiger charge is 2.21. The largest absolute Gasteiger partial charge is 0.508 e. The van der Waals surface area contributed by atoms with E-state index in [0.29, 0.717) is 11.7 Å². The lowest BCUT2D eigenvalue weighted by Crippen LogP contribution is -2.39. The molecule has 0 radical (unpaired) electrons. The number of amides is 1. The summed E-state index contributed by atoms with van der Waals surface area (Å²) in [7, 11) is 1.57. The lowest BCUT2D eigenvalue weighted by atomic mass is 9.99. The number of nitrogens with zero attached hydrogens (tertiary/aromatic N) is 1. The predicted molar refractivity (Wildman–Crippen MR) is 73.3 cm³/mol. The lowest BCUT2D eigenvalue weighted by molar-refractivity contribution is -0.132. The minimum atomic E-state index is 0.107. The van der Waals surface area contributed by atoms with E-state index in [1.165, 1.54) is 6.42 Å². The molecule has 4 nitrogen and oxygen atoms in total. The molecule has 1 N–H and O–H groups in total. The molecular formula is C15H21NO3. The standard InChI is InChI=1S/C15H21NO3/c1-11-4-3-7-16(10-11)15(18)9-12-8-13(17)5-6-14(12)19-2/h5-6,8,11,17H,3-4,7,9-10H2,1-2H3. The van der Waals surface area contributed by atoms with Crippen molar-refractivity contribution in [2.24, 2.45) is 5.92 Å². The first-order valence-electron chi connectivity index (χ1n) is 6.74. The smallest absolute Gasteiger partial charge is 0.227 e. The highest BCUT2D eigenvalue weighted by molar-refractivity contribution is 5.79. The topological polar surface area (TPSA) is 49.8 Å². The Balaban J connectivity index is 2.07. The number of phenolic OH excluding ortho intramolecular Hbond substituents is 1. The van der Waals surface area contributed by atoms with Crippen LogP contribution in [0.2, 0.25) is 0 Å². The van der Waals surface area contributed by atoms with Gasteiger partial charge in [-0.05, 0) is 37.0 Å². The number of hydrogen-bond acceptors (Lipinski definition) is 3. The summed E-state index contributed by atoms with van der Waals surface area (Å²) in [5.41, 5.74) is 0.741. The maximum absolute atomic E-state index is 12.3. The van der Waals surface area contributed by atoms with Gasteiger partial charge in [-0.1, -0.05) is 6.92 Å². The minimum absolute atomic E-state index is 0.107. The zero-order valence-electron chi connectivity index (χ0n) is 11.6. The van der Waals surface area contributed by atoms with Gasteiger partial charge in [-0.2, -0.15) is 0 Å². The maximum atomic E-state index is 12.3. The Morgan fingerprint density at radius 3 is 3.00 bits per heavy atom. The van der Waals surface area contributed by atoms with E-state index in [4.69, 9.17) is 4.74 Å². The van der Waals surface area contributed by atoms with E-state index in [-0.39, 0.29) is 18.1 Å². The van der Waals surface area contributed by atoms with Gasteiger partial charge >= 0.3 is 0 Å². The molecule has 1 saturated heterocycles. The highest BCUT2D eigenvalue weighted by atomic mass is 16.5. The Bertz CT molecular complexity index is 459. The van der Waals surface area contributed by atoms with Gasteiger partial charge in [0, 0.05) is 18.7 Å². The second kappa shape index (κ2) is 5.95. The number of hydrogen-bond donors (Lipinski definition) is 1. The van der Waals surface area contributed by atoms with Crippen LogP contribution < -0.4 is 4.74 Å². The van der Waals surface area contributed by atoms with Crippen LogP contribution in [0.1, 0.15) is 25.3 Å². The Kier molecular flexibility index (Phi) is 4.30. The van der Waals surface area contributed by atoms with Crippen molar-refractivity contribution in [3.63, 3.8) is 0 Å². The molecule has 1 unspecified atom stereocenters. The first-order chi connectivity index (χ1) is 9.10. The second-order valence-corrected chi connectivity index (χ2v) is 5.26. The number of ether oxygens (including phenoxy) is 1. The van der Waals surface area contributed by atoms with Crippen LogP contribution in [0.3, 0.4) is 0 Å². The quantitative estimate of drug-likeness (QED) is 0.909. The molecule has 1 aromatic rings. The van der Waals surface area contributed by atoms with E-state index in [1.807, 2.05) is 4.90 Å². The normalized spacial score (nSPS) is 19.3. The van der Waals surface area contributed by atoms with Gasteiger partial charge in [0.25, 0.3) is 0 Å². The number of piperidine rings is 1. The molecule has 0 bridgehead atoms. The lowest BCUT2D eigenvalue weighted by Gasteiger charge is -2.31. The third-order valence-electron chi connectivity index (χ3n) is 3.62. The van der Waals surface area contributed by atoms with E-state index in [0.717, 1.165) is 25.1 Å². The Morgan fingerprint density at radius 2 is 2.32 bits per heavy atom. The van der Waals surface area contributed by atoms with Crippen LogP contribution >= 0.6 is 0 Å². The average Bonchev–Trinajstić information content (AvgIpc) is 2.39. The van der Waals surface area contributed by atoms with Gasteiger partial charge in [-0.15, -0.1) is 0 Å². The molecule has 1 aliphatic rings. The zero-order valence-corrected chi connectivity index (χ0v) is 11.6. The van der Waals surface area contributed by atoms with Gasteiger partial charge in [0.2, 0.25) is 5.91 Å². The minimum Gasteiger partial charge on any atom is -0.508 e. The number of methoxy groups -OCH3 is 1.